The molecule has 1 aromatic carbocycles. The fourth-order valence-corrected chi connectivity index (χ4v) is 2.62. The summed E-state index contributed by atoms with van der Waals surface area (Å²) in [5.41, 5.74) is 3.97. The van der Waals surface area contributed by atoms with Gasteiger partial charge in [0.15, 0.2) is 0 Å². The van der Waals surface area contributed by atoms with Gasteiger partial charge >= 0.3 is 0 Å². The molecule has 0 aliphatic carbocycles. The van der Waals surface area contributed by atoms with Crippen LogP contribution in [-0.4, -0.2) is 19.2 Å². The highest BCUT2D eigenvalue weighted by molar-refractivity contribution is 8.03. The zero-order chi connectivity index (χ0) is 15.0. The molecule has 1 rings (SSSR count). The molecule has 0 aliphatic rings. The summed E-state index contributed by atoms with van der Waals surface area (Å²) in [5.74, 6) is 0.939. The molecule has 0 unspecified atom stereocenters. The predicted octanol–water partition coefficient (Wildman–Crippen LogP) is 4.89. The van der Waals surface area contributed by atoms with Gasteiger partial charge in [-0.2, -0.15) is 0 Å². The number of aryl methyl sites for hydroxylation is 1. The zero-order valence-electron chi connectivity index (χ0n) is 12.1. The Bertz CT molecular complexity index is 568. The number of benzene rings is 1. The number of aliphatic imine (C=N–C) groups is 2. The van der Waals surface area contributed by atoms with Crippen LogP contribution in [0.4, 0.5) is 0 Å². The summed E-state index contributed by atoms with van der Waals surface area (Å²) in [4.78, 5) is 8.96. The van der Waals surface area contributed by atoms with Crippen LogP contribution in [0.5, 0.6) is 0 Å². The van der Waals surface area contributed by atoms with E-state index in [-0.39, 0.29) is 0 Å². The van der Waals surface area contributed by atoms with Crippen LogP contribution in [0.25, 0.3) is 5.70 Å². The molecule has 0 bridgehead atoms. The molecule has 0 aromatic heterocycles. The molecule has 0 N–H and O–H groups in total. The van der Waals surface area contributed by atoms with Gasteiger partial charge in [0, 0.05) is 16.7 Å². The number of nitrogens with zero attached hydrogens (tertiary/aromatic N) is 2. The van der Waals surface area contributed by atoms with E-state index >= 15 is 0 Å². The van der Waals surface area contributed by atoms with Gasteiger partial charge < -0.3 is 0 Å². The summed E-state index contributed by atoms with van der Waals surface area (Å²) in [6, 6.07) is 8.22. The molecule has 0 spiro atoms. The Hall–Kier alpha value is -1.87. The van der Waals surface area contributed by atoms with Gasteiger partial charge in [-0.25, -0.2) is 0 Å². The lowest BCUT2D eigenvalue weighted by atomic mass is 10.1. The van der Waals surface area contributed by atoms with Crippen LogP contribution in [0.15, 0.2) is 63.6 Å². The summed E-state index contributed by atoms with van der Waals surface area (Å²) >= 11 is 1.70. The van der Waals surface area contributed by atoms with E-state index in [1.165, 1.54) is 5.56 Å². The summed E-state index contributed by atoms with van der Waals surface area (Å²) in [5, 5.41) is 0. The number of hydrogen-bond acceptors (Lipinski definition) is 3. The molecule has 0 heterocycles. The minimum atomic E-state index is 0.860. The molecule has 0 aliphatic heterocycles. The zero-order valence-corrected chi connectivity index (χ0v) is 12.9. The number of rotatable bonds is 7. The van der Waals surface area contributed by atoms with Crippen molar-refractivity contribution in [1.82, 2.24) is 0 Å². The Balaban J connectivity index is 3.35. The van der Waals surface area contributed by atoms with Crippen molar-refractivity contribution in [3.05, 3.63) is 64.7 Å². The second-order valence-corrected chi connectivity index (χ2v) is 5.44. The van der Waals surface area contributed by atoms with Crippen molar-refractivity contribution >= 4 is 30.9 Å². The Labute approximate surface area is 125 Å². The third-order valence-corrected chi connectivity index (χ3v) is 3.66. The van der Waals surface area contributed by atoms with E-state index in [9.17, 15) is 0 Å². The fourth-order valence-electron chi connectivity index (χ4n) is 1.76. The highest BCUT2D eigenvalue weighted by Crippen LogP contribution is 2.33. The van der Waals surface area contributed by atoms with E-state index in [0.717, 1.165) is 27.5 Å². The first kappa shape index (κ1) is 16.2. The third-order valence-electron chi connectivity index (χ3n) is 2.63. The van der Waals surface area contributed by atoms with E-state index in [1.54, 1.807) is 18.0 Å². The van der Waals surface area contributed by atoms with Crippen LogP contribution in [-0.2, 0) is 0 Å². The molecule has 2 nitrogen and oxygen atoms in total. The summed E-state index contributed by atoms with van der Waals surface area (Å²) in [6.45, 7) is 15.4. The Kier molecular flexibility index (Phi) is 6.74. The normalized spacial score (nSPS) is 12.1. The first-order chi connectivity index (χ1) is 9.63. The Morgan fingerprint density at radius 1 is 1.35 bits per heavy atom. The van der Waals surface area contributed by atoms with Crippen molar-refractivity contribution in [3.63, 3.8) is 0 Å². The number of thioether (sulfide) groups is 1. The molecule has 0 radical (unpaired) electrons. The molecule has 0 saturated heterocycles. The Morgan fingerprint density at radius 2 is 2.10 bits per heavy atom. The number of hydrogen-bond donors (Lipinski definition) is 0. The maximum absolute atomic E-state index is 4.22. The SMILES string of the molecule is C=N/C=C\C(=C)/C(SCC)=C(/N=C)c1cccc(C)c1. The maximum atomic E-state index is 4.22. The molecule has 0 atom stereocenters. The highest BCUT2D eigenvalue weighted by atomic mass is 32.2. The summed E-state index contributed by atoms with van der Waals surface area (Å²) in [7, 11) is 0. The maximum Gasteiger partial charge on any atom is 0.0836 e. The molecule has 20 heavy (non-hydrogen) atoms. The van der Waals surface area contributed by atoms with Gasteiger partial charge in [0.1, 0.15) is 0 Å². The van der Waals surface area contributed by atoms with E-state index in [2.05, 4.69) is 56.0 Å². The van der Waals surface area contributed by atoms with Crippen LogP contribution in [0, 0.1) is 6.92 Å². The standard InChI is InChI=1S/C17H20N2S/c1-6-20-17(14(3)10-11-18-4)16(19-5)15-9-7-8-13(2)12-15/h7-12H,3-6H2,1-2H3/b11-10-,17-16-. The fraction of sp³-hybridized carbons (Fsp3) is 0.176. The lowest BCUT2D eigenvalue weighted by Crippen LogP contribution is -1.91. The molecule has 0 saturated carbocycles. The lowest BCUT2D eigenvalue weighted by Gasteiger charge is -2.12. The second-order valence-electron chi connectivity index (χ2n) is 4.16. The van der Waals surface area contributed by atoms with Crippen molar-refractivity contribution in [2.24, 2.45) is 9.98 Å². The average molecular weight is 284 g/mol. The van der Waals surface area contributed by atoms with Gasteiger partial charge in [-0.15, -0.1) is 11.8 Å². The summed E-state index contributed by atoms with van der Waals surface area (Å²) < 4.78 is 0. The van der Waals surface area contributed by atoms with Crippen molar-refractivity contribution < 1.29 is 0 Å². The van der Waals surface area contributed by atoms with Crippen molar-refractivity contribution in [2.45, 2.75) is 13.8 Å². The van der Waals surface area contributed by atoms with Crippen LogP contribution in [0.2, 0.25) is 0 Å². The van der Waals surface area contributed by atoms with Crippen molar-refractivity contribution in [2.75, 3.05) is 5.75 Å². The smallest absolute Gasteiger partial charge is 0.0836 e. The predicted molar refractivity (Wildman–Crippen MR) is 93.6 cm³/mol. The largest absolute Gasteiger partial charge is 0.272 e. The van der Waals surface area contributed by atoms with E-state index < -0.39 is 0 Å². The van der Waals surface area contributed by atoms with Gasteiger partial charge in [0.05, 0.1) is 5.70 Å². The molecule has 0 amide bonds. The third kappa shape index (κ3) is 4.35. The van der Waals surface area contributed by atoms with Crippen LogP contribution in [0.3, 0.4) is 0 Å². The van der Waals surface area contributed by atoms with Gasteiger partial charge in [-0.05, 0) is 43.8 Å². The van der Waals surface area contributed by atoms with Gasteiger partial charge in [0.2, 0.25) is 0 Å². The average Bonchev–Trinajstić information content (AvgIpc) is 2.44. The van der Waals surface area contributed by atoms with Crippen LogP contribution < -0.4 is 0 Å². The monoisotopic (exact) mass is 284 g/mol. The molecular formula is C17H20N2S. The van der Waals surface area contributed by atoms with E-state index in [0.29, 0.717) is 0 Å². The van der Waals surface area contributed by atoms with Crippen LogP contribution in [0.1, 0.15) is 18.1 Å². The highest BCUT2D eigenvalue weighted by Gasteiger charge is 2.10. The summed E-state index contributed by atoms with van der Waals surface area (Å²) in [6.07, 6.45) is 3.47. The van der Waals surface area contributed by atoms with Gasteiger partial charge in [0.25, 0.3) is 0 Å². The molecule has 3 heteroatoms. The van der Waals surface area contributed by atoms with Crippen molar-refractivity contribution in [3.8, 4) is 0 Å². The van der Waals surface area contributed by atoms with E-state index in [1.807, 2.05) is 18.2 Å². The Morgan fingerprint density at radius 3 is 2.65 bits per heavy atom. The second kappa shape index (κ2) is 8.33. The van der Waals surface area contributed by atoms with E-state index in [4.69, 9.17) is 0 Å². The van der Waals surface area contributed by atoms with Gasteiger partial charge in [-0.3, -0.25) is 9.98 Å². The first-order valence-electron chi connectivity index (χ1n) is 6.36. The minimum Gasteiger partial charge on any atom is -0.272 e. The number of allylic oxidation sites excluding steroid dienone is 2. The lowest BCUT2D eigenvalue weighted by molar-refractivity contribution is 1.41. The molecular weight excluding hydrogens is 264 g/mol. The van der Waals surface area contributed by atoms with Crippen LogP contribution >= 0.6 is 11.8 Å². The first-order valence-corrected chi connectivity index (χ1v) is 7.35. The minimum absolute atomic E-state index is 0.860. The molecule has 1 aromatic rings. The topological polar surface area (TPSA) is 24.7 Å². The molecule has 0 fully saturated rings. The van der Waals surface area contributed by atoms with Crippen molar-refractivity contribution in [1.29, 1.82) is 0 Å². The molecule has 104 valence electrons. The van der Waals surface area contributed by atoms with Gasteiger partial charge in [-0.1, -0.05) is 37.3 Å². The quantitative estimate of drug-likeness (QED) is 0.517.